The third-order valence-electron chi connectivity index (χ3n) is 2.81. The van der Waals surface area contributed by atoms with Crippen LogP contribution in [0.3, 0.4) is 0 Å². The third-order valence-corrected chi connectivity index (χ3v) is 2.81. The van der Waals surface area contributed by atoms with Gasteiger partial charge in [-0.2, -0.15) is 0 Å². The molecule has 120 valence electrons. The minimum atomic E-state index is -0.818. The van der Waals surface area contributed by atoms with Gasteiger partial charge in [0, 0.05) is 34.3 Å². The van der Waals surface area contributed by atoms with Gasteiger partial charge in [0.25, 0.3) is 0 Å². The standard InChI is InChI=1S/C13H20O8/c1-7(14)18-6-12-10(19-8(2)15)5-11(20-9(3)16)13(17-4)21-12/h10-13H,5-6H2,1-4H3/t10?,11-,12+,13?/m1/s1. The molecule has 0 saturated carbocycles. The van der Waals surface area contributed by atoms with Crippen LogP contribution in [0.25, 0.3) is 0 Å². The Morgan fingerprint density at radius 1 is 1.00 bits per heavy atom. The van der Waals surface area contributed by atoms with Crippen LogP contribution in [-0.4, -0.2) is 56.2 Å². The van der Waals surface area contributed by atoms with E-state index in [0.717, 1.165) is 0 Å². The van der Waals surface area contributed by atoms with Gasteiger partial charge in [-0.3, -0.25) is 14.4 Å². The first-order chi connectivity index (χ1) is 9.83. The quantitative estimate of drug-likeness (QED) is 0.524. The summed E-state index contributed by atoms with van der Waals surface area (Å²) in [7, 11) is 1.40. The second-order valence-corrected chi connectivity index (χ2v) is 4.61. The maximum atomic E-state index is 11.2. The zero-order valence-corrected chi connectivity index (χ0v) is 12.5. The van der Waals surface area contributed by atoms with Gasteiger partial charge in [0.1, 0.15) is 18.8 Å². The molecule has 0 spiro atoms. The van der Waals surface area contributed by atoms with Crippen LogP contribution in [0.15, 0.2) is 0 Å². The van der Waals surface area contributed by atoms with Crippen molar-refractivity contribution >= 4 is 17.9 Å². The summed E-state index contributed by atoms with van der Waals surface area (Å²) in [6.45, 7) is 3.70. The molecule has 0 N–H and O–H groups in total. The Morgan fingerprint density at radius 3 is 2.05 bits per heavy atom. The summed E-state index contributed by atoms with van der Waals surface area (Å²) in [5, 5.41) is 0. The van der Waals surface area contributed by atoms with E-state index in [0.29, 0.717) is 0 Å². The van der Waals surface area contributed by atoms with E-state index in [-0.39, 0.29) is 13.0 Å². The van der Waals surface area contributed by atoms with Gasteiger partial charge < -0.3 is 23.7 Å². The Hall–Kier alpha value is -1.67. The molecule has 1 heterocycles. The van der Waals surface area contributed by atoms with Gasteiger partial charge in [0.2, 0.25) is 0 Å². The zero-order chi connectivity index (χ0) is 16.0. The normalized spacial score (nSPS) is 28.6. The highest BCUT2D eigenvalue weighted by atomic mass is 16.7. The predicted octanol–water partition coefficient (Wildman–Crippen LogP) is 0.174. The van der Waals surface area contributed by atoms with E-state index in [1.807, 2.05) is 0 Å². The maximum Gasteiger partial charge on any atom is 0.303 e. The van der Waals surface area contributed by atoms with E-state index in [9.17, 15) is 14.4 Å². The van der Waals surface area contributed by atoms with E-state index < -0.39 is 42.5 Å². The number of esters is 3. The molecule has 8 heteroatoms. The first-order valence-electron chi connectivity index (χ1n) is 6.49. The average Bonchev–Trinajstić information content (AvgIpc) is 2.36. The number of carbonyl (C=O) groups is 3. The first-order valence-corrected chi connectivity index (χ1v) is 6.49. The monoisotopic (exact) mass is 304 g/mol. The van der Waals surface area contributed by atoms with Gasteiger partial charge in [0.15, 0.2) is 12.4 Å². The van der Waals surface area contributed by atoms with Gasteiger partial charge in [-0.25, -0.2) is 0 Å². The second-order valence-electron chi connectivity index (χ2n) is 4.61. The molecule has 2 unspecified atom stereocenters. The van der Waals surface area contributed by atoms with E-state index in [2.05, 4.69) is 0 Å². The lowest BCUT2D eigenvalue weighted by atomic mass is 10.0. The summed E-state index contributed by atoms with van der Waals surface area (Å²) >= 11 is 0. The van der Waals surface area contributed by atoms with Crippen LogP contribution >= 0.6 is 0 Å². The molecule has 0 radical (unpaired) electrons. The Morgan fingerprint density at radius 2 is 1.57 bits per heavy atom. The van der Waals surface area contributed by atoms with Crippen LogP contribution in [0.5, 0.6) is 0 Å². The van der Waals surface area contributed by atoms with E-state index in [1.54, 1.807) is 0 Å². The minimum Gasteiger partial charge on any atom is -0.463 e. The molecule has 8 nitrogen and oxygen atoms in total. The SMILES string of the molecule is COC1O[C@@H](COC(C)=O)C(OC(C)=O)C[C@H]1OC(C)=O. The lowest BCUT2D eigenvalue weighted by molar-refractivity contribution is -0.270. The predicted molar refractivity (Wildman–Crippen MR) is 68.0 cm³/mol. The Bertz CT molecular complexity index is 394. The van der Waals surface area contributed by atoms with Crippen molar-refractivity contribution < 1.29 is 38.1 Å². The molecule has 1 fully saturated rings. The Kier molecular flexibility index (Phi) is 6.57. The van der Waals surface area contributed by atoms with Gasteiger partial charge in [-0.1, -0.05) is 0 Å². The van der Waals surface area contributed by atoms with Crippen molar-refractivity contribution in [2.45, 2.75) is 51.8 Å². The lowest BCUT2D eigenvalue weighted by Gasteiger charge is -2.39. The van der Waals surface area contributed by atoms with Crippen molar-refractivity contribution in [2.24, 2.45) is 0 Å². The van der Waals surface area contributed by atoms with Crippen LogP contribution in [0, 0.1) is 0 Å². The molecular formula is C13H20O8. The zero-order valence-electron chi connectivity index (χ0n) is 12.5. The molecule has 4 atom stereocenters. The molecule has 0 bridgehead atoms. The van der Waals surface area contributed by atoms with Crippen molar-refractivity contribution in [1.29, 1.82) is 0 Å². The summed E-state index contributed by atoms with van der Waals surface area (Å²) in [4.78, 5) is 33.1. The average molecular weight is 304 g/mol. The number of ether oxygens (including phenoxy) is 5. The second kappa shape index (κ2) is 7.94. The summed E-state index contributed by atoms with van der Waals surface area (Å²) in [5.74, 6) is -1.48. The number of hydrogen-bond donors (Lipinski definition) is 0. The smallest absolute Gasteiger partial charge is 0.303 e. The molecule has 1 aliphatic heterocycles. The molecule has 1 saturated heterocycles. The number of methoxy groups -OCH3 is 1. The van der Waals surface area contributed by atoms with Crippen molar-refractivity contribution in [3.63, 3.8) is 0 Å². The third kappa shape index (κ3) is 5.68. The summed E-state index contributed by atoms with van der Waals surface area (Å²) < 4.78 is 25.8. The molecule has 0 aromatic rings. The first kappa shape index (κ1) is 17.4. The summed E-state index contributed by atoms with van der Waals surface area (Å²) in [6, 6.07) is 0. The van der Waals surface area contributed by atoms with Crippen LogP contribution in [-0.2, 0) is 38.1 Å². The highest BCUT2D eigenvalue weighted by molar-refractivity contribution is 5.67. The van der Waals surface area contributed by atoms with E-state index in [1.165, 1.54) is 27.9 Å². The molecule has 0 aliphatic carbocycles. The highest BCUT2D eigenvalue weighted by Gasteiger charge is 2.42. The van der Waals surface area contributed by atoms with Gasteiger partial charge >= 0.3 is 17.9 Å². The van der Waals surface area contributed by atoms with Crippen molar-refractivity contribution in [3.8, 4) is 0 Å². The fourth-order valence-electron chi connectivity index (χ4n) is 2.05. The fourth-order valence-corrected chi connectivity index (χ4v) is 2.05. The Labute approximate surface area is 122 Å². The number of rotatable bonds is 5. The molecule has 21 heavy (non-hydrogen) atoms. The highest BCUT2D eigenvalue weighted by Crippen LogP contribution is 2.26. The van der Waals surface area contributed by atoms with Crippen LogP contribution in [0.4, 0.5) is 0 Å². The molecule has 0 aromatic heterocycles. The van der Waals surface area contributed by atoms with Crippen molar-refractivity contribution in [3.05, 3.63) is 0 Å². The molecule has 0 amide bonds. The molecule has 1 rings (SSSR count). The largest absolute Gasteiger partial charge is 0.463 e. The topological polar surface area (TPSA) is 97.4 Å². The number of carbonyl (C=O) groups excluding carboxylic acids is 3. The molecule has 0 aromatic carbocycles. The van der Waals surface area contributed by atoms with Crippen LogP contribution in [0.2, 0.25) is 0 Å². The summed E-state index contributed by atoms with van der Waals surface area (Å²) in [5.41, 5.74) is 0. The van der Waals surface area contributed by atoms with Crippen LogP contribution < -0.4 is 0 Å². The minimum absolute atomic E-state index is 0.0834. The van der Waals surface area contributed by atoms with E-state index >= 15 is 0 Å². The number of hydrogen-bond acceptors (Lipinski definition) is 8. The summed E-state index contributed by atoms with van der Waals surface area (Å²) in [6.07, 6.45) is -2.71. The fraction of sp³-hybridized carbons (Fsp3) is 0.769. The van der Waals surface area contributed by atoms with E-state index in [4.69, 9.17) is 23.7 Å². The van der Waals surface area contributed by atoms with Crippen molar-refractivity contribution in [2.75, 3.05) is 13.7 Å². The molecule has 1 aliphatic rings. The maximum absolute atomic E-state index is 11.2. The lowest BCUT2D eigenvalue weighted by Crippen LogP contribution is -2.52. The van der Waals surface area contributed by atoms with Crippen LogP contribution in [0.1, 0.15) is 27.2 Å². The van der Waals surface area contributed by atoms with Crippen molar-refractivity contribution in [1.82, 2.24) is 0 Å². The van der Waals surface area contributed by atoms with Gasteiger partial charge in [-0.15, -0.1) is 0 Å². The Balaban J connectivity index is 2.78. The molecular weight excluding hydrogens is 284 g/mol. The van der Waals surface area contributed by atoms with Gasteiger partial charge in [0.05, 0.1) is 0 Å². The van der Waals surface area contributed by atoms with Gasteiger partial charge in [-0.05, 0) is 0 Å².